The lowest BCUT2D eigenvalue weighted by Gasteiger charge is -2.25. The number of thiophene rings is 1. The summed E-state index contributed by atoms with van der Waals surface area (Å²) >= 11 is 1.77. The number of fused-ring (bicyclic) bond motifs is 1. The second-order valence-corrected chi connectivity index (χ2v) is 6.67. The number of nitrogens with zero attached hydrogens (tertiary/aromatic N) is 2. The van der Waals surface area contributed by atoms with Crippen LogP contribution in [0.1, 0.15) is 44.5 Å². The minimum Gasteiger partial charge on any atom is -0.356 e. The first-order valence-corrected chi connectivity index (χ1v) is 7.35. The zero-order valence-corrected chi connectivity index (χ0v) is 11.9. The quantitative estimate of drug-likeness (QED) is 0.849. The maximum atomic E-state index is 4.74. The molecule has 18 heavy (non-hydrogen) atoms. The predicted molar refractivity (Wildman–Crippen MR) is 76.5 cm³/mol. The average Bonchev–Trinajstić information content (AvgIpc) is 2.96. The van der Waals surface area contributed by atoms with Gasteiger partial charge in [0, 0.05) is 18.2 Å². The van der Waals surface area contributed by atoms with E-state index in [0.717, 1.165) is 24.6 Å². The maximum Gasteiger partial charge on any atom is 0.203 e. The molecule has 0 aliphatic carbocycles. The van der Waals surface area contributed by atoms with Crippen molar-refractivity contribution in [2.24, 2.45) is 0 Å². The molecule has 0 saturated heterocycles. The molecule has 4 heteroatoms. The molecule has 2 aromatic rings. The van der Waals surface area contributed by atoms with Crippen LogP contribution in [0.25, 0.3) is 0 Å². The van der Waals surface area contributed by atoms with Crippen molar-refractivity contribution in [3.05, 3.63) is 34.3 Å². The number of imidazole rings is 1. The predicted octanol–water partition coefficient (Wildman–Crippen LogP) is 3.65. The highest BCUT2D eigenvalue weighted by Crippen LogP contribution is 2.33. The lowest BCUT2D eigenvalue weighted by atomic mass is 9.93. The third-order valence-electron chi connectivity index (χ3n) is 3.47. The molecular weight excluding hydrogens is 242 g/mol. The van der Waals surface area contributed by atoms with Crippen molar-refractivity contribution in [2.45, 2.75) is 38.6 Å². The van der Waals surface area contributed by atoms with Crippen LogP contribution in [0.4, 0.5) is 5.95 Å². The van der Waals surface area contributed by atoms with Gasteiger partial charge in [-0.1, -0.05) is 20.8 Å². The summed E-state index contributed by atoms with van der Waals surface area (Å²) in [5, 5.41) is 7.80. The lowest BCUT2D eigenvalue weighted by Crippen LogP contribution is -2.22. The first kappa shape index (κ1) is 11.8. The van der Waals surface area contributed by atoms with E-state index in [0.29, 0.717) is 6.04 Å². The van der Waals surface area contributed by atoms with Gasteiger partial charge in [0.1, 0.15) is 0 Å². The van der Waals surface area contributed by atoms with Gasteiger partial charge in [0.15, 0.2) is 0 Å². The summed E-state index contributed by atoms with van der Waals surface area (Å²) in [6.45, 7) is 7.63. The van der Waals surface area contributed by atoms with Gasteiger partial charge in [-0.25, -0.2) is 4.98 Å². The van der Waals surface area contributed by atoms with Gasteiger partial charge >= 0.3 is 0 Å². The lowest BCUT2D eigenvalue weighted by molar-refractivity contribution is 0.528. The monoisotopic (exact) mass is 261 g/mol. The first-order chi connectivity index (χ1) is 8.55. The Bertz CT molecular complexity index is 534. The fourth-order valence-electron chi connectivity index (χ4n) is 2.37. The Kier molecular flexibility index (Phi) is 2.70. The third kappa shape index (κ3) is 1.94. The second-order valence-electron chi connectivity index (χ2n) is 5.89. The molecule has 0 amide bonds. The van der Waals surface area contributed by atoms with Crippen molar-refractivity contribution in [3.8, 4) is 0 Å². The van der Waals surface area contributed by atoms with Crippen LogP contribution in [0.3, 0.4) is 0 Å². The summed E-state index contributed by atoms with van der Waals surface area (Å²) in [5.74, 6) is 1.02. The van der Waals surface area contributed by atoms with Crippen LogP contribution < -0.4 is 5.32 Å². The van der Waals surface area contributed by atoms with Gasteiger partial charge in [0.2, 0.25) is 5.95 Å². The van der Waals surface area contributed by atoms with Crippen LogP contribution in [-0.2, 0) is 5.41 Å². The van der Waals surface area contributed by atoms with Crippen molar-refractivity contribution < 1.29 is 0 Å². The van der Waals surface area contributed by atoms with Crippen LogP contribution in [0.2, 0.25) is 0 Å². The zero-order chi connectivity index (χ0) is 12.8. The van der Waals surface area contributed by atoms with E-state index in [1.165, 1.54) is 5.56 Å². The average molecular weight is 261 g/mol. The van der Waals surface area contributed by atoms with Crippen LogP contribution in [-0.4, -0.2) is 16.1 Å². The molecule has 96 valence electrons. The molecule has 1 aliphatic heterocycles. The van der Waals surface area contributed by atoms with E-state index in [-0.39, 0.29) is 5.41 Å². The molecule has 3 heterocycles. The van der Waals surface area contributed by atoms with E-state index < -0.39 is 0 Å². The Morgan fingerprint density at radius 1 is 1.44 bits per heavy atom. The highest BCUT2D eigenvalue weighted by molar-refractivity contribution is 7.07. The van der Waals surface area contributed by atoms with Gasteiger partial charge in [-0.05, 0) is 28.8 Å². The smallest absolute Gasteiger partial charge is 0.203 e. The molecule has 2 aromatic heterocycles. The summed E-state index contributed by atoms with van der Waals surface area (Å²) in [4.78, 5) is 4.74. The minimum atomic E-state index is 0.102. The van der Waals surface area contributed by atoms with Crippen LogP contribution >= 0.6 is 11.3 Å². The Labute approximate surface area is 112 Å². The number of hydrogen-bond acceptors (Lipinski definition) is 3. The molecule has 0 bridgehead atoms. The molecule has 3 nitrogen and oxygen atoms in total. The zero-order valence-electron chi connectivity index (χ0n) is 11.1. The molecule has 0 radical (unpaired) electrons. The largest absolute Gasteiger partial charge is 0.356 e. The molecule has 1 unspecified atom stereocenters. The fraction of sp³-hybridized carbons (Fsp3) is 0.500. The molecule has 3 rings (SSSR count). The summed E-state index contributed by atoms with van der Waals surface area (Å²) in [5.41, 5.74) is 2.67. The fourth-order valence-corrected chi connectivity index (χ4v) is 3.08. The minimum absolute atomic E-state index is 0.102. The van der Waals surface area contributed by atoms with E-state index >= 15 is 0 Å². The van der Waals surface area contributed by atoms with E-state index in [2.05, 4.69) is 53.7 Å². The Balaban J connectivity index is 2.03. The van der Waals surface area contributed by atoms with E-state index in [4.69, 9.17) is 4.98 Å². The highest BCUT2D eigenvalue weighted by atomic mass is 32.1. The van der Waals surface area contributed by atoms with Crippen molar-refractivity contribution in [3.63, 3.8) is 0 Å². The van der Waals surface area contributed by atoms with Gasteiger partial charge in [0.25, 0.3) is 0 Å². The van der Waals surface area contributed by atoms with Gasteiger partial charge in [0.05, 0.1) is 11.7 Å². The van der Waals surface area contributed by atoms with E-state index in [9.17, 15) is 0 Å². The van der Waals surface area contributed by atoms with Crippen LogP contribution in [0.15, 0.2) is 23.0 Å². The molecule has 0 aromatic carbocycles. The van der Waals surface area contributed by atoms with Gasteiger partial charge < -0.3 is 9.88 Å². The molecule has 1 N–H and O–H groups in total. The van der Waals surface area contributed by atoms with Crippen molar-refractivity contribution in [2.75, 3.05) is 11.9 Å². The summed E-state index contributed by atoms with van der Waals surface area (Å²) in [6.07, 6.45) is 3.34. The number of rotatable bonds is 1. The van der Waals surface area contributed by atoms with E-state index in [1.807, 2.05) is 0 Å². The topological polar surface area (TPSA) is 29.9 Å². The number of anilines is 1. The molecule has 0 saturated carbocycles. The standard InChI is InChI=1S/C14H19N3S/c1-14(2,3)12-8-17-11(10-5-7-18-9-10)4-6-15-13(17)16-12/h5,7-9,11H,4,6H2,1-3H3,(H,15,16). The molecule has 0 fully saturated rings. The number of aromatic nitrogens is 2. The van der Waals surface area contributed by atoms with Crippen LogP contribution in [0, 0.1) is 0 Å². The highest BCUT2D eigenvalue weighted by Gasteiger charge is 2.26. The van der Waals surface area contributed by atoms with E-state index in [1.54, 1.807) is 11.3 Å². The van der Waals surface area contributed by atoms with Gasteiger partial charge in [-0.15, -0.1) is 0 Å². The van der Waals surface area contributed by atoms with Crippen molar-refractivity contribution in [1.29, 1.82) is 0 Å². The Morgan fingerprint density at radius 2 is 2.28 bits per heavy atom. The maximum absolute atomic E-state index is 4.74. The summed E-state index contributed by atoms with van der Waals surface area (Å²) in [7, 11) is 0. The number of hydrogen-bond donors (Lipinski definition) is 1. The van der Waals surface area contributed by atoms with Crippen molar-refractivity contribution >= 4 is 17.3 Å². The SMILES string of the molecule is CC(C)(C)c1cn2c(n1)NCCC2c1ccsc1. The first-order valence-electron chi connectivity index (χ1n) is 6.41. The van der Waals surface area contributed by atoms with Gasteiger partial charge in [-0.2, -0.15) is 11.3 Å². The summed E-state index contributed by atoms with van der Waals surface area (Å²) < 4.78 is 2.30. The summed E-state index contributed by atoms with van der Waals surface area (Å²) in [6, 6.07) is 2.66. The normalized spacial score (nSPS) is 19.4. The van der Waals surface area contributed by atoms with Crippen LogP contribution in [0.5, 0.6) is 0 Å². The molecular formula is C14H19N3S. The third-order valence-corrected chi connectivity index (χ3v) is 4.17. The van der Waals surface area contributed by atoms with Crippen molar-refractivity contribution in [1.82, 2.24) is 9.55 Å². The molecule has 1 atom stereocenters. The Morgan fingerprint density at radius 3 is 2.94 bits per heavy atom. The number of nitrogens with one attached hydrogen (secondary N) is 1. The molecule has 0 spiro atoms. The van der Waals surface area contributed by atoms with Gasteiger partial charge in [-0.3, -0.25) is 0 Å². The molecule has 1 aliphatic rings. The Hall–Kier alpha value is -1.29. The second kappa shape index (κ2) is 4.12.